The van der Waals surface area contributed by atoms with Gasteiger partial charge in [0.2, 0.25) is 0 Å². The topological polar surface area (TPSA) is 68.1 Å². The maximum absolute atomic E-state index is 11.1. The van der Waals surface area contributed by atoms with Gasteiger partial charge in [-0.2, -0.15) is 0 Å². The Morgan fingerprint density at radius 3 is 2.57 bits per heavy atom. The summed E-state index contributed by atoms with van der Waals surface area (Å²) in [6, 6.07) is 10.2. The van der Waals surface area contributed by atoms with E-state index in [0.29, 0.717) is 17.7 Å². The zero-order valence-corrected chi connectivity index (χ0v) is 12.5. The van der Waals surface area contributed by atoms with Crippen LogP contribution in [0.15, 0.2) is 36.5 Å². The molecule has 0 spiro atoms. The standard InChI is InChI=1S/C16H19N3O2/c1-11-9-18-15(12(2)16(11)19(20)21)10-17-13(3)14-7-5-4-6-8-14/h4-9,13,17H,10H2,1-3H3/t13-/m1/s1. The van der Waals surface area contributed by atoms with Crippen LogP contribution in [0.4, 0.5) is 5.69 Å². The monoisotopic (exact) mass is 285 g/mol. The fourth-order valence-electron chi connectivity index (χ4n) is 2.33. The second-order valence-corrected chi connectivity index (χ2v) is 5.13. The van der Waals surface area contributed by atoms with E-state index in [4.69, 9.17) is 0 Å². The summed E-state index contributed by atoms with van der Waals surface area (Å²) in [4.78, 5) is 15.1. The molecule has 0 aliphatic rings. The van der Waals surface area contributed by atoms with Crippen LogP contribution < -0.4 is 5.32 Å². The molecule has 0 fully saturated rings. The third kappa shape index (κ3) is 3.44. The normalized spacial score (nSPS) is 12.1. The van der Waals surface area contributed by atoms with Gasteiger partial charge in [0, 0.05) is 29.9 Å². The number of rotatable bonds is 5. The molecular weight excluding hydrogens is 266 g/mol. The maximum atomic E-state index is 11.1. The van der Waals surface area contributed by atoms with Crippen molar-refractivity contribution in [2.45, 2.75) is 33.4 Å². The van der Waals surface area contributed by atoms with E-state index in [1.165, 1.54) is 5.56 Å². The minimum Gasteiger partial charge on any atom is -0.305 e. The molecule has 0 amide bonds. The summed E-state index contributed by atoms with van der Waals surface area (Å²) < 4.78 is 0. The third-order valence-corrected chi connectivity index (χ3v) is 3.63. The second kappa shape index (κ2) is 6.45. The number of nitro groups is 1. The molecule has 0 aliphatic heterocycles. The molecule has 110 valence electrons. The van der Waals surface area contributed by atoms with Gasteiger partial charge in [0.05, 0.1) is 10.6 Å². The minimum absolute atomic E-state index is 0.160. The van der Waals surface area contributed by atoms with E-state index in [2.05, 4.69) is 29.4 Å². The highest BCUT2D eigenvalue weighted by Crippen LogP contribution is 2.24. The Morgan fingerprint density at radius 1 is 1.29 bits per heavy atom. The Kier molecular flexibility index (Phi) is 4.65. The van der Waals surface area contributed by atoms with E-state index < -0.39 is 0 Å². The van der Waals surface area contributed by atoms with Crippen LogP contribution in [-0.4, -0.2) is 9.91 Å². The molecule has 1 atom stereocenters. The van der Waals surface area contributed by atoms with E-state index in [9.17, 15) is 10.1 Å². The summed E-state index contributed by atoms with van der Waals surface area (Å²) in [5, 5.41) is 14.5. The van der Waals surface area contributed by atoms with Gasteiger partial charge in [0.15, 0.2) is 0 Å². The first kappa shape index (κ1) is 15.1. The number of nitrogens with zero attached hydrogens (tertiary/aromatic N) is 2. The molecule has 0 unspecified atom stereocenters. The summed E-state index contributed by atoms with van der Waals surface area (Å²) in [7, 11) is 0. The Labute approximate surface area is 124 Å². The molecule has 0 saturated heterocycles. The predicted octanol–water partition coefficient (Wildman–Crippen LogP) is 3.46. The van der Waals surface area contributed by atoms with Gasteiger partial charge in [0.1, 0.15) is 0 Å². The number of benzene rings is 1. The summed E-state index contributed by atoms with van der Waals surface area (Å²) in [5.74, 6) is 0. The van der Waals surface area contributed by atoms with E-state index >= 15 is 0 Å². The van der Waals surface area contributed by atoms with Crippen molar-refractivity contribution in [3.8, 4) is 0 Å². The number of pyridine rings is 1. The van der Waals surface area contributed by atoms with E-state index in [-0.39, 0.29) is 16.7 Å². The molecule has 1 aromatic carbocycles. The van der Waals surface area contributed by atoms with Crippen LogP contribution in [0.5, 0.6) is 0 Å². The molecule has 21 heavy (non-hydrogen) atoms. The van der Waals surface area contributed by atoms with Crippen LogP contribution in [0.1, 0.15) is 35.3 Å². The number of hydrogen-bond donors (Lipinski definition) is 1. The van der Waals surface area contributed by atoms with Crippen molar-refractivity contribution in [2.24, 2.45) is 0 Å². The second-order valence-electron chi connectivity index (χ2n) is 5.13. The first-order valence-electron chi connectivity index (χ1n) is 6.88. The molecule has 0 radical (unpaired) electrons. The van der Waals surface area contributed by atoms with Gasteiger partial charge >= 0.3 is 0 Å². The number of hydrogen-bond acceptors (Lipinski definition) is 4. The Morgan fingerprint density at radius 2 is 1.95 bits per heavy atom. The predicted molar refractivity (Wildman–Crippen MR) is 82.1 cm³/mol. The number of aryl methyl sites for hydroxylation is 1. The molecule has 1 aromatic heterocycles. The maximum Gasteiger partial charge on any atom is 0.278 e. The summed E-state index contributed by atoms with van der Waals surface area (Å²) in [5.41, 5.74) is 3.28. The largest absolute Gasteiger partial charge is 0.305 e. The lowest BCUT2D eigenvalue weighted by Crippen LogP contribution is -2.19. The van der Waals surface area contributed by atoms with Crippen LogP contribution >= 0.6 is 0 Å². The van der Waals surface area contributed by atoms with Gasteiger partial charge in [-0.3, -0.25) is 15.1 Å². The average Bonchev–Trinajstić information content (AvgIpc) is 2.46. The molecule has 1 N–H and O–H groups in total. The molecule has 2 rings (SSSR count). The zero-order valence-electron chi connectivity index (χ0n) is 12.5. The van der Waals surface area contributed by atoms with Gasteiger partial charge in [-0.15, -0.1) is 0 Å². The Hall–Kier alpha value is -2.27. The number of aromatic nitrogens is 1. The average molecular weight is 285 g/mol. The van der Waals surface area contributed by atoms with Crippen molar-refractivity contribution in [3.63, 3.8) is 0 Å². The lowest BCUT2D eigenvalue weighted by atomic mass is 10.1. The Bertz CT molecular complexity index is 641. The minimum atomic E-state index is -0.337. The molecule has 5 nitrogen and oxygen atoms in total. The highest BCUT2D eigenvalue weighted by atomic mass is 16.6. The third-order valence-electron chi connectivity index (χ3n) is 3.63. The van der Waals surface area contributed by atoms with Crippen molar-refractivity contribution in [1.29, 1.82) is 0 Å². The van der Waals surface area contributed by atoms with E-state index in [0.717, 1.165) is 5.69 Å². The van der Waals surface area contributed by atoms with Crippen molar-refractivity contribution >= 4 is 5.69 Å². The summed E-state index contributed by atoms with van der Waals surface area (Å²) in [6.45, 7) is 6.03. The molecular formula is C16H19N3O2. The number of nitrogens with one attached hydrogen (secondary N) is 1. The lowest BCUT2D eigenvalue weighted by molar-refractivity contribution is -0.386. The molecule has 0 saturated carbocycles. The van der Waals surface area contributed by atoms with E-state index in [1.54, 1.807) is 20.0 Å². The molecule has 5 heteroatoms. The lowest BCUT2D eigenvalue weighted by Gasteiger charge is -2.15. The fourth-order valence-corrected chi connectivity index (χ4v) is 2.33. The van der Waals surface area contributed by atoms with Crippen molar-refractivity contribution in [3.05, 3.63) is 69.0 Å². The van der Waals surface area contributed by atoms with Gasteiger partial charge in [-0.05, 0) is 26.3 Å². The SMILES string of the molecule is Cc1cnc(CN[C@H](C)c2ccccc2)c(C)c1[N+](=O)[O-]. The molecule has 1 heterocycles. The van der Waals surface area contributed by atoms with Crippen LogP contribution in [0.2, 0.25) is 0 Å². The summed E-state index contributed by atoms with van der Waals surface area (Å²) >= 11 is 0. The van der Waals surface area contributed by atoms with Gasteiger partial charge in [0.25, 0.3) is 5.69 Å². The molecule has 0 aliphatic carbocycles. The van der Waals surface area contributed by atoms with Crippen LogP contribution in [0.25, 0.3) is 0 Å². The first-order valence-corrected chi connectivity index (χ1v) is 6.88. The van der Waals surface area contributed by atoms with Crippen LogP contribution in [0, 0.1) is 24.0 Å². The quantitative estimate of drug-likeness (QED) is 0.674. The van der Waals surface area contributed by atoms with Gasteiger partial charge in [-0.25, -0.2) is 0 Å². The smallest absolute Gasteiger partial charge is 0.278 e. The van der Waals surface area contributed by atoms with Crippen LogP contribution in [-0.2, 0) is 6.54 Å². The van der Waals surface area contributed by atoms with Crippen molar-refractivity contribution < 1.29 is 4.92 Å². The highest BCUT2D eigenvalue weighted by Gasteiger charge is 2.18. The summed E-state index contributed by atoms with van der Waals surface area (Å²) in [6.07, 6.45) is 1.56. The molecule has 2 aromatic rings. The van der Waals surface area contributed by atoms with Gasteiger partial charge < -0.3 is 5.32 Å². The highest BCUT2D eigenvalue weighted by molar-refractivity contribution is 5.47. The van der Waals surface area contributed by atoms with Crippen molar-refractivity contribution in [2.75, 3.05) is 0 Å². The van der Waals surface area contributed by atoms with Crippen LogP contribution in [0.3, 0.4) is 0 Å². The van der Waals surface area contributed by atoms with Crippen molar-refractivity contribution in [1.82, 2.24) is 10.3 Å². The zero-order chi connectivity index (χ0) is 15.4. The Balaban J connectivity index is 2.14. The van der Waals surface area contributed by atoms with E-state index in [1.807, 2.05) is 18.2 Å². The fraction of sp³-hybridized carbons (Fsp3) is 0.312. The molecule has 0 bridgehead atoms. The first-order chi connectivity index (χ1) is 10.0. The van der Waals surface area contributed by atoms with Gasteiger partial charge in [-0.1, -0.05) is 30.3 Å².